The van der Waals surface area contributed by atoms with E-state index in [9.17, 15) is 9.59 Å². The summed E-state index contributed by atoms with van der Waals surface area (Å²) in [4.78, 5) is 27.8. The van der Waals surface area contributed by atoms with E-state index in [1.54, 1.807) is 21.9 Å². The zero-order valence-corrected chi connectivity index (χ0v) is 14.0. The Hall–Kier alpha value is -1.63. The zero-order valence-electron chi connectivity index (χ0n) is 13.2. The predicted molar refractivity (Wildman–Crippen MR) is 87.9 cm³/mol. The van der Waals surface area contributed by atoms with Gasteiger partial charge in [0.2, 0.25) is 11.8 Å². The van der Waals surface area contributed by atoms with E-state index >= 15 is 0 Å². The molecule has 0 aromatic heterocycles. The molecule has 1 atom stereocenters. The highest BCUT2D eigenvalue weighted by atomic mass is 35.5. The van der Waals surface area contributed by atoms with Gasteiger partial charge in [0.25, 0.3) is 0 Å². The van der Waals surface area contributed by atoms with Crippen molar-refractivity contribution >= 4 is 23.4 Å². The highest BCUT2D eigenvalue weighted by molar-refractivity contribution is 6.30. The van der Waals surface area contributed by atoms with E-state index < -0.39 is 0 Å². The maximum absolute atomic E-state index is 12.3. The fraction of sp³-hybridized carbons (Fsp3) is 0.500. The van der Waals surface area contributed by atoms with Crippen LogP contribution in [0.15, 0.2) is 24.3 Å². The number of hydrogen-bond acceptors (Lipinski definition) is 4. The molecule has 1 aromatic carbocycles. The molecular weight excluding hydrogens is 318 g/mol. The molecule has 0 spiro atoms. The molecule has 2 N–H and O–H groups in total. The fourth-order valence-electron chi connectivity index (χ4n) is 2.49. The van der Waals surface area contributed by atoms with E-state index in [2.05, 4.69) is 0 Å². The molecule has 1 aromatic rings. The molecule has 1 unspecified atom stereocenters. The number of piperazine rings is 1. The Morgan fingerprint density at radius 2 is 2.04 bits per heavy atom. The van der Waals surface area contributed by atoms with Crippen LogP contribution in [0.2, 0.25) is 5.02 Å². The molecular formula is C16H22ClN3O3. The Bertz CT molecular complexity index is 546. The molecule has 0 bridgehead atoms. The van der Waals surface area contributed by atoms with Crippen LogP contribution in [0.25, 0.3) is 0 Å². The maximum atomic E-state index is 12.3. The summed E-state index contributed by atoms with van der Waals surface area (Å²) < 4.78 is 5.12. The maximum Gasteiger partial charge on any atom is 0.242 e. The molecule has 7 heteroatoms. The first-order chi connectivity index (χ1) is 11.0. The molecule has 1 saturated heterocycles. The minimum absolute atomic E-state index is 0.0544. The molecule has 0 saturated carbocycles. The van der Waals surface area contributed by atoms with Crippen molar-refractivity contribution in [3.8, 4) is 0 Å². The number of carbonyl (C=O) groups excluding carboxylic acids is 2. The summed E-state index contributed by atoms with van der Waals surface area (Å²) in [5.74, 6) is -0.150. The van der Waals surface area contributed by atoms with Crippen LogP contribution in [-0.4, -0.2) is 61.0 Å². The van der Waals surface area contributed by atoms with E-state index in [1.165, 1.54) is 7.11 Å². The molecule has 0 radical (unpaired) electrons. The van der Waals surface area contributed by atoms with Crippen LogP contribution in [-0.2, 0) is 20.9 Å². The number of benzene rings is 1. The van der Waals surface area contributed by atoms with Gasteiger partial charge in [0.15, 0.2) is 0 Å². The van der Waals surface area contributed by atoms with Gasteiger partial charge in [-0.25, -0.2) is 0 Å². The number of hydrogen-bond donors (Lipinski definition) is 1. The van der Waals surface area contributed by atoms with Crippen LogP contribution in [0.4, 0.5) is 0 Å². The van der Waals surface area contributed by atoms with Crippen LogP contribution in [0.5, 0.6) is 0 Å². The van der Waals surface area contributed by atoms with E-state index in [-0.39, 0.29) is 37.4 Å². The van der Waals surface area contributed by atoms with Gasteiger partial charge in [0.05, 0.1) is 19.1 Å². The second kappa shape index (κ2) is 8.29. The van der Waals surface area contributed by atoms with Gasteiger partial charge in [0.1, 0.15) is 0 Å². The van der Waals surface area contributed by atoms with E-state index in [0.29, 0.717) is 24.7 Å². The largest absolute Gasteiger partial charge is 0.380 e. The van der Waals surface area contributed by atoms with E-state index in [4.69, 9.17) is 22.1 Å². The monoisotopic (exact) mass is 339 g/mol. The van der Waals surface area contributed by atoms with Gasteiger partial charge in [-0.15, -0.1) is 0 Å². The number of methoxy groups -OCH3 is 1. The summed E-state index contributed by atoms with van der Waals surface area (Å²) >= 11 is 5.86. The van der Waals surface area contributed by atoms with Crippen LogP contribution < -0.4 is 5.73 Å². The van der Waals surface area contributed by atoms with Crippen molar-refractivity contribution in [3.05, 3.63) is 34.9 Å². The average Bonchev–Trinajstić information content (AvgIpc) is 2.56. The van der Waals surface area contributed by atoms with Crippen LogP contribution in [0.3, 0.4) is 0 Å². The average molecular weight is 340 g/mol. The smallest absolute Gasteiger partial charge is 0.242 e. The lowest BCUT2D eigenvalue weighted by atomic mass is 10.1. The second-order valence-corrected chi connectivity index (χ2v) is 5.99. The van der Waals surface area contributed by atoms with Gasteiger partial charge in [-0.2, -0.15) is 0 Å². The summed E-state index contributed by atoms with van der Waals surface area (Å²) in [6, 6.07) is 7.41. The number of rotatable bonds is 6. The number of halogens is 1. The Morgan fingerprint density at radius 1 is 1.35 bits per heavy atom. The molecule has 1 heterocycles. The van der Waals surface area contributed by atoms with Crippen LogP contribution >= 0.6 is 11.6 Å². The summed E-state index contributed by atoms with van der Waals surface area (Å²) in [6.07, 6.45) is -0.0954. The molecule has 1 aliphatic heterocycles. The molecule has 2 amide bonds. The lowest BCUT2D eigenvalue weighted by Crippen LogP contribution is -2.52. The van der Waals surface area contributed by atoms with Crippen molar-refractivity contribution in [1.29, 1.82) is 0 Å². The lowest BCUT2D eigenvalue weighted by Gasteiger charge is -2.35. The topological polar surface area (TPSA) is 75.9 Å². The Balaban J connectivity index is 1.88. The summed E-state index contributed by atoms with van der Waals surface area (Å²) in [6.45, 7) is 1.97. The molecule has 2 rings (SSSR count). The molecule has 6 nitrogen and oxygen atoms in total. The normalized spacial score (nSPS) is 16.6. The van der Waals surface area contributed by atoms with Gasteiger partial charge in [0, 0.05) is 38.3 Å². The standard InChI is InChI=1S/C16H22ClN3O3/c1-23-14(9-18)8-15(21)20-7-6-19(16(22)11-20)10-12-2-4-13(17)5-3-12/h2-5,14H,6-11,18H2,1H3. The first-order valence-electron chi connectivity index (χ1n) is 7.56. The fourth-order valence-corrected chi connectivity index (χ4v) is 2.61. The van der Waals surface area contributed by atoms with E-state index in [0.717, 1.165) is 5.56 Å². The Morgan fingerprint density at radius 3 is 2.61 bits per heavy atom. The first kappa shape index (κ1) is 17.7. The third-order valence-corrected chi connectivity index (χ3v) is 4.21. The quantitative estimate of drug-likeness (QED) is 0.834. The van der Waals surface area contributed by atoms with Crippen LogP contribution in [0, 0.1) is 0 Å². The summed E-state index contributed by atoms with van der Waals surface area (Å²) in [5, 5.41) is 0.670. The molecule has 0 aliphatic carbocycles. The van der Waals surface area contributed by atoms with E-state index in [1.807, 2.05) is 12.1 Å². The Kier molecular flexibility index (Phi) is 6.38. The third kappa shape index (κ3) is 4.92. The first-order valence-corrected chi connectivity index (χ1v) is 7.94. The van der Waals surface area contributed by atoms with Gasteiger partial charge >= 0.3 is 0 Å². The number of amides is 2. The lowest BCUT2D eigenvalue weighted by molar-refractivity contribution is -0.146. The van der Waals surface area contributed by atoms with Crippen molar-refractivity contribution in [2.75, 3.05) is 33.3 Å². The minimum atomic E-state index is -0.301. The summed E-state index contributed by atoms with van der Waals surface area (Å²) in [5.41, 5.74) is 6.55. The summed E-state index contributed by atoms with van der Waals surface area (Å²) in [7, 11) is 1.53. The van der Waals surface area contributed by atoms with Crippen molar-refractivity contribution < 1.29 is 14.3 Å². The van der Waals surface area contributed by atoms with Gasteiger partial charge in [-0.05, 0) is 17.7 Å². The van der Waals surface area contributed by atoms with Gasteiger partial charge in [-0.1, -0.05) is 23.7 Å². The number of nitrogens with two attached hydrogens (primary N) is 1. The molecule has 1 aliphatic rings. The van der Waals surface area contributed by atoms with Crippen molar-refractivity contribution in [3.63, 3.8) is 0 Å². The second-order valence-electron chi connectivity index (χ2n) is 5.55. The van der Waals surface area contributed by atoms with Gasteiger partial charge < -0.3 is 20.3 Å². The molecule has 23 heavy (non-hydrogen) atoms. The van der Waals surface area contributed by atoms with Crippen molar-refractivity contribution in [2.24, 2.45) is 5.73 Å². The molecule has 126 valence electrons. The third-order valence-electron chi connectivity index (χ3n) is 3.96. The van der Waals surface area contributed by atoms with Crippen molar-refractivity contribution in [1.82, 2.24) is 9.80 Å². The molecule has 1 fully saturated rings. The van der Waals surface area contributed by atoms with Crippen molar-refractivity contribution in [2.45, 2.75) is 19.1 Å². The van der Waals surface area contributed by atoms with Gasteiger partial charge in [-0.3, -0.25) is 9.59 Å². The Labute approximate surface area is 141 Å². The highest BCUT2D eigenvalue weighted by Gasteiger charge is 2.28. The minimum Gasteiger partial charge on any atom is -0.380 e. The predicted octanol–water partition coefficient (Wildman–Crippen LogP) is 0.875. The highest BCUT2D eigenvalue weighted by Crippen LogP contribution is 2.14. The SMILES string of the molecule is COC(CN)CC(=O)N1CCN(Cc2ccc(Cl)cc2)C(=O)C1. The number of carbonyl (C=O) groups is 2. The number of ether oxygens (including phenoxy) is 1. The zero-order chi connectivity index (χ0) is 16.8. The van der Waals surface area contributed by atoms with Crippen LogP contribution in [0.1, 0.15) is 12.0 Å². The number of nitrogens with zero attached hydrogens (tertiary/aromatic N) is 2.